The number of benzene rings is 3. The van der Waals surface area contributed by atoms with Crippen molar-refractivity contribution in [2.75, 3.05) is 27.3 Å². The van der Waals surface area contributed by atoms with Crippen LogP contribution in [0.25, 0.3) is 33.5 Å². The van der Waals surface area contributed by atoms with Gasteiger partial charge < -0.3 is 14.2 Å². The Bertz CT molecular complexity index is 2000. The van der Waals surface area contributed by atoms with Gasteiger partial charge in [0.15, 0.2) is 17.7 Å². The van der Waals surface area contributed by atoms with Gasteiger partial charge in [-0.3, -0.25) is 0 Å². The van der Waals surface area contributed by atoms with E-state index in [1.165, 1.54) is 20.3 Å². The second kappa shape index (κ2) is 13.7. The summed E-state index contributed by atoms with van der Waals surface area (Å²) >= 11 is 0. The Hall–Kier alpha value is -4.52. The Labute approximate surface area is 274 Å². The maximum atomic E-state index is 13.5. The highest BCUT2D eigenvalue weighted by atomic mass is 32.2. The predicted octanol–water partition coefficient (Wildman–Crippen LogP) is 6.24. The van der Waals surface area contributed by atoms with Gasteiger partial charge in [-0.15, -0.1) is 0 Å². The van der Waals surface area contributed by atoms with Crippen molar-refractivity contribution < 1.29 is 27.4 Å². The molecule has 5 aromatic rings. The van der Waals surface area contributed by atoms with Crippen molar-refractivity contribution >= 4 is 27.1 Å². The fourth-order valence-corrected chi connectivity index (χ4v) is 6.69. The topological polar surface area (TPSA) is 118 Å². The summed E-state index contributed by atoms with van der Waals surface area (Å²) < 4.78 is 48.2. The Morgan fingerprint density at radius 1 is 1.04 bits per heavy atom. The summed E-state index contributed by atoms with van der Waals surface area (Å²) in [5, 5.41) is 5.61. The molecule has 0 aliphatic carbocycles. The molecule has 1 atom stereocenters. The molecule has 1 fully saturated rings. The number of nitrogens with zero attached hydrogens (tertiary/aromatic N) is 5. The molecule has 3 aromatic carbocycles. The largest absolute Gasteiger partial charge is 0.489 e. The van der Waals surface area contributed by atoms with Gasteiger partial charge in [0.05, 0.1) is 18.3 Å². The summed E-state index contributed by atoms with van der Waals surface area (Å²) in [5.41, 5.74) is 5.23. The number of aromatic nitrogens is 4. The molecule has 0 N–H and O–H groups in total. The van der Waals surface area contributed by atoms with Crippen LogP contribution in [0, 0.1) is 0 Å². The lowest BCUT2D eigenvalue weighted by Crippen LogP contribution is -2.29. The minimum absolute atomic E-state index is 0.0169. The molecule has 0 saturated carbocycles. The summed E-state index contributed by atoms with van der Waals surface area (Å²) in [6.45, 7) is 5.00. The van der Waals surface area contributed by atoms with E-state index in [-0.39, 0.29) is 24.4 Å². The molecular weight excluding hydrogens is 618 g/mol. The van der Waals surface area contributed by atoms with Crippen LogP contribution in [0.5, 0.6) is 5.75 Å². The lowest BCUT2D eigenvalue weighted by Gasteiger charge is -2.23. The van der Waals surface area contributed by atoms with E-state index in [9.17, 15) is 13.2 Å². The van der Waals surface area contributed by atoms with Crippen LogP contribution in [0.3, 0.4) is 0 Å². The van der Waals surface area contributed by atoms with Gasteiger partial charge in [0.1, 0.15) is 18.1 Å². The van der Waals surface area contributed by atoms with Gasteiger partial charge in [0, 0.05) is 26.1 Å². The van der Waals surface area contributed by atoms with Crippen molar-refractivity contribution in [3.8, 4) is 28.4 Å². The summed E-state index contributed by atoms with van der Waals surface area (Å²) in [6.07, 6.45) is 4.33. The first-order chi connectivity index (χ1) is 22.7. The number of rotatable bonds is 11. The molecule has 1 saturated heterocycles. The zero-order valence-corrected chi connectivity index (χ0v) is 27.9. The van der Waals surface area contributed by atoms with Crippen LogP contribution in [-0.2, 0) is 32.7 Å². The van der Waals surface area contributed by atoms with Crippen LogP contribution >= 0.6 is 0 Å². The smallest absolute Gasteiger partial charge is 0.358 e. The number of esters is 1. The lowest BCUT2D eigenvalue weighted by atomic mass is 9.96. The van der Waals surface area contributed by atoms with Crippen molar-refractivity contribution in [1.82, 2.24) is 23.0 Å². The van der Waals surface area contributed by atoms with Gasteiger partial charge in [-0.2, -0.15) is 17.8 Å². The molecule has 3 heterocycles. The molecule has 1 aliphatic heterocycles. The Balaban J connectivity index is 1.46. The van der Waals surface area contributed by atoms with Crippen LogP contribution in [0.2, 0.25) is 0 Å². The molecule has 0 bridgehead atoms. The molecule has 47 heavy (non-hydrogen) atoms. The summed E-state index contributed by atoms with van der Waals surface area (Å²) in [4.78, 5) is 17.2. The second-order valence-electron chi connectivity index (χ2n) is 11.5. The molecule has 0 radical (unpaired) electrons. The number of carbonyl (C=O) groups is 1. The van der Waals surface area contributed by atoms with E-state index in [1.807, 2.05) is 53.2 Å². The van der Waals surface area contributed by atoms with Crippen LogP contribution in [0.15, 0.2) is 72.9 Å². The van der Waals surface area contributed by atoms with Gasteiger partial charge in [-0.1, -0.05) is 49.4 Å². The van der Waals surface area contributed by atoms with Crippen LogP contribution in [0.1, 0.15) is 61.0 Å². The number of aryl methyl sites for hydroxylation is 1. The van der Waals surface area contributed by atoms with E-state index in [0.717, 1.165) is 67.5 Å². The Morgan fingerprint density at radius 3 is 2.55 bits per heavy atom. The second-order valence-corrected chi connectivity index (χ2v) is 13.6. The molecule has 0 spiro atoms. The van der Waals surface area contributed by atoms with Gasteiger partial charge in [-0.05, 0) is 79.1 Å². The standard InChI is InChI=1S/C35H39N5O6S/c1-5-25-20-27(46-23-24-12-8-7-9-13-24)16-18-28(25)26-15-17-29-31(21-26)40(32-14-10-11-19-45-32)37-33(29)34-36-30(35(41)44-6-2)22-39(34)47(42,43)38(3)4/h7-9,12-13,15-18,20-22,32H,5-6,10-11,14,19,23H2,1-4H3. The highest BCUT2D eigenvalue weighted by Gasteiger charge is 2.30. The number of imidazole rings is 1. The molecule has 12 heteroatoms. The summed E-state index contributed by atoms with van der Waals surface area (Å²) in [7, 11) is -1.22. The van der Waals surface area contributed by atoms with Gasteiger partial charge in [-0.25, -0.2) is 18.4 Å². The fourth-order valence-electron chi connectivity index (χ4n) is 5.76. The quantitative estimate of drug-likeness (QED) is 0.153. The first kappa shape index (κ1) is 32.4. The van der Waals surface area contributed by atoms with E-state index in [1.54, 1.807) is 6.92 Å². The molecular formula is C35H39N5O6S. The number of ether oxygens (including phenoxy) is 3. The highest BCUT2D eigenvalue weighted by Crippen LogP contribution is 2.37. The first-order valence-electron chi connectivity index (χ1n) is 15.8. The lowest BCUT2D eigenvalue weighted by molar-refractivity contribution is -0.0365. The van der Waals surface area contributed by atoms with Crippen LogP contribution in [-0.4, -0.2) is 64.7 Å². The van der Waals surface area contributed by atoms with Gasteiger partial charge in [0.25, 0.3) is 0 Å². The van der Waals surface area contributed by atoms with Crippen LogP contribution < -0.4 is 4.74 Å². The zero-order chi connectivity index (χ0) is 33.1. The minimum atomic E-state index is -4.07. The number of fused-ring (bicyclic) bond motifs is 1. The normalized spacial score (nSPS) is 15.3. The van der Waals surface area contributed by atoms with Crippen LogP contribution in [0.4, 0.5) is 0 Å². The third kappa shape index (κ3) is 6.53. The number of hydrogen-bond acceptors (Lipinski definition) is 8. The van der Waals surface area contributed by atoms with E-state index in [2.05, 4.69) is 30.1 Å². The molecule has 11 nitrogen and oxygen atoms in total. The molecule has 6 rings (SSSR count). The van der Waals surface area contributed by atoms with Crippen molar-refractivity contribution in [2.45, 2.75) is 52.4 Å². The van der Waals surface area contributed by atoms with Gasteiger partial charge in [0.2, 0.25) is 0 Å². The SMILES string of the molecule is CCOC(=O)c1cn(S(=O)(=O)N(C)C)c(-c2nn(C3CCCCO3)c3cc(-c4ccc(OCc5ccccc5)cc4CC)ccc23)n1. The van der Waals surface area contributed by atoms with Crippen molar-refractivity contribution in [2.24, 2.45) is 0 Å². The van der Waals surface area contributed by atoms with E-state index in [0.29, 0.717) is 24.3 Å². The monoisotopic (exact) mass is 657 g/mol. The maximum absolute atomic E-state index is 13.5. The third-order valence-corrected chi connectivity index (χ3v) is 9.93. The minimum Gasteiger partial charge on any atom is -0.489 e. The molecule has 1 unspecified atom stereocenters. The molecule has 2 aromatic heterocycles. The van der Waals surface area contributed by atoms with E-state index >= 15 is 0 Å². The van der Waals surface area contributed by atoms with Crippen molar-refractivity contribution in [1.29, 1.82) is 0 Å². The first-order valence-corrected chi connectivity index (χ1v) is 17.2. The predicted molar refractivity (Wildman–Crippen MR) is 179 cm³/mol. The number of hydrogen-bond donors (Lipinski definition) is 0. The Morgan fingerprint density at radius 2 is 1.85 bits per heavy atom. The fraction of sp³-hybridized carbons (Fsp3) is 0.343. The number of carbonyl (C=O) groups excluding carboxylic acids is 1. The Kier molecular flexibility index (Phi) is 9.44. The van der Waals surface area contributed by atoms with E-state index < -0.39 is 16.2 Å². The summed E-state index contributed by atoms with van der Waals surface area (Å²) in [6, 6.07) is 22.2. The maximum Gasteiger partial charge on any atom is 0.358 e. The zero-order valence-electron chi connectivity index (χ0n) is 27.0. The van der Waals surface area contributed by atoms with Gasteiger partial charge >= 0.3 is 16.2 Å². The molecule has 1 aliphatic rings. The van der Waals surface area contributed by atoms with Crippen molar-refractivity contribution in [3.63, 3.8) is 0 Å². The molecule has 0 amide bonds. The molecule has 246 valence electrons. The highest BCUT2D eigenvalue weighted by molar-refractivity contribution is 7.87. The average Bonchev–Trinajstić information content (AvgIpc) is 3.71. The van der Waals surface area contributed by atoms with E-state index in [4.69, 9.17) is 19.3 Å². The summed E-state index contributed by atoms with van der Waals surface area (Å²) in [5.74, 6) is 0.0967. The average molecular weight is 658 g/mol. The van der Waals surface area contributed by atoms with Crippen molar-refractivity contribution in [3.05, 3.63) is 89.7 Å². The third-order valence-electron chi connectivity index (χ3n) is 8.23.